The number of piperazine rings is 1. The first kappa shape index (κ1) is 18.8. The predicted octanol–water partition coefficient (Wildman–Crippen LogP) is 4.34. The van der Waals surface area contributed by atoms with E-state index in [0.717, 1.165) is 35.2 Å². The molecule has 1 aliphatic heterocycles. The van der Waals surface area contributed by atoms with Gasteiger partial charge < -0.3 is 14.5 Å². The molecular weight excluding hydrogens is 394 g/mol. The molecule has 1 aromatic heterocycles. The molecule has 0 aliphatic carbocycles. The van der Waals surface area contributed by atoms with Gasteiger partial charge in [-0.15, -0.1) is 11.3 Å². The Labute approximate surface area is 173 Å². The van der Waals surface area contributed by atoms with Gasteiger partial charge in [0.15, 0.2) is 0 Å². The van der Waals surface area contributed by atoms with Crippen LogP contribution in [0.3, 0.4) is 0 Å². The van der Waals surface area contributed by atoms with Gasteiger partial charge in [-0.2, -0.15) is 0 Å². The molecule has 0 atom stereocenters. The lowest BCUT2D eigenvalue weighted by Crippen LogP contribution is -2.48. The number of halogens is 1. The lowest BCUT2D eigenvalue weighted by atomic mass is 10.1. The van der Waals surface area contributed by atoms with Crippen LogP contribution in [-0.2, 0) is 6.61 Å². The maximum atomic E-state index is 12.8. The third-order valence-corrected chi connectivity index (χ3v) is 5.58. The van der Waals surface area contributed by atoms with Gasteiger partial charge in [-0.1, -0.05) is 17.7 Å². The summed E-state index contributed by atoms with van der Waals surface area (Å²) in [5, 5.41) is 2.69. The number of anilines is 1. The maximum absolute atomic E-state index is 12.8. The minimum Gasteiger partial charge on any atom is -0.487 e. The fourth-order valence-corrected chi connectivity index (χ4v) is 3.91. The Morgan fingerprint density at radius 3 is 2.57 bits per heavy atom. The Morgan fingerprint density at radius 2 is 1.89 bits per heavy atom. The fraction of sp³-hybridized carbons (Fsp3) is 0.238. The molecule has 7 heteroatoms. The topological polar surface area (TPSA) is 45.7 Å². The SMILES string of the molecule is O=C(c1ccc(OCc2cscn2)cc1)N1CCN(c2cccc(Cl)c2)CC1. The number of carbonyl (C=O) groups excluding carboxylic acids is 1. The number of amides is 1. The minimum absolute atomic E-state index is 0.0526. The number of hydrogen-bond donors (Lipinski definition) is 0. The van der Waals surface area contributed by atoms with Crippen LogP contribution in [0, 0.1) is 0 Å². The number of hydrogen-bond acceptors (Lipinski definition) is 5. The molecule has 3 aromatic rings. The predicted molar refractivity (Wildman–Crippen MR) is 112 cm³/mol. The largest absolute Gasteiger partial charge is 0.487 e. The summed E-state index contributed by atoms with van der Waals surface area (Å²) in [6.07, 6.45) is 0. The molecule has 0 N–H and O–H groups in total. The van der Waals surface area contributed by atoms with E-state index >= 15 is 0 Å². The molecule has 5 nitrogen and oxygen atoms in total. The Bertz CT molecular complexity index is 923. The number of nitrogens with zero attached hydrogens (tertiary/aromatic N) is 3. The summed E-state index contributed by atoms with van der Waals surface area (Å²) in [4.78, 5) is 21.1. The molecule has 2 aromatic carbocycles. The zero-order chi connectivity index (χ0) is 19.3. The summed E-state index contributed by atoms with van der Waals surface area (Å²) in [5.41, 5.74) is 4.47. The van der Waals surface area contributed by atoms with Gasteiger partial charge in [0.25, 0.3) is 5.91 Å². The zero-order valence-corrected chi connectivity index (χ0v) is 16.8. The Morgan fingerprint density at radius 1 is 1.11 bits per heavy atom. The second kappa shape index (κ2) is 8.63. The molecule has 1 amide bonds. The van der Waals surface area contributed by atoms with Crippen LogP contribution in [0.2, 0.25) is 5.02 Å². The van der Waals surface area contributed by atoms with Crippen molar-refractivity contribution in [1.82, 2.24) is 9.88 Å². The van der Waals surface area contributed by atoms with Gasteiger partial charge in [0.05, 0.1) is 11.2 Å². The molecule has 0 unspecified atom stereocenters. The Hall–Kier alpha value is -2.57. The van der Waals surface area contributed by atoms with Crippen molar-refractivity contribution in [3.05, 3.63) is 75.7 Å². The van der Waals surface area contributed by atoms with Crippen molar-refractivity contribution < 1.29 is 9.53 Å². The van der Waals surface area contributed by atoms with E-state index in [1.54, 1.807) is 16.8 Å². The Kier molecular flexibility index (Phi) is 5.78. The highest BCUT2D eigenvalue weighted by molar-refractivity contribution is 7.07. The third kappa shape index (κ3) is 4.46. The highest BCUT2D eigenvalue weighted by Crippen LogP contribution is 2.22. The first-order chi connectivity index (χ1) is 13.7. The highest BCUT2D eigenvalue weighted by atomic mass is 35.5. The molecule has 1 fully saturated rings. The average molecular weight is 414 g/mol. The maximum Gasteiger partial charge on any atom is 0.253 e. The quantitative estimate of drug-likeness (QED) is 0.624. The number of ether oxygens (including phenoxy) is 1. The van der Waals surface area contributed by atoms with E-state index in [0.29, 0.717) is 25.3 Å². The first-order valence-corrected chi connectivity index (χ1v) is 10.4. The van der Waals surface area contributed by atoms with Crippen LogP contribution < -0.4 is 9.64 Å². The van der Waals surface area contributed by atoms with E-state index in [1.807, 2.05) is 58.8 Å². The van der Waals surface area contributed by atoms with Crippen LogP contribution in [0.15, 0.2) is 59.4 Å². The van der Waals surface area contributed by atoms with Crippen LogP contribution in [-0.4, -0.2) is 42.0 Å². The van der Waals surface area contributed by atoms with Crippen LogP contribution in [0.25, 0.3) is 0 Å². The van der Waals surface area contributed by atoms with Crippen molar-refractivity contribution in [3.63, 3.8) is 0 Å². The van der Waals surface area contributed by atoms with Crippen molar-refractivity contribution in [2.24, 2.45) is 0 Å². The standard InChI is InChI=1S/C21H20ClN3O2S/c22-17-2-1-3-19(12-17)24-8-10-25(11-9-24)21(26)16-4-6-20(7-5-16)27-13-18-14-28-15-23-18/h1-7,12,14-15H,8-11,13H2. The number of thiazole rings is 1. The van der Waals surface area contributed by atoms with E-state index in [1.165, 1.54) is 0 Å². The molecule has 1 aliphatic rings. The molecule has 0 spiro atoms. The van der Waals surface area contributed by atoms with Gasteiger partial charge in [0, 0.05) is 47.8 Å². The highest BCUT2D eigenvalue weighted by Gasteiger charge is 2.22. The minimum atomic E-state index is 0.0526. The average Bonchev–Trinajstić information content (AvgIpc) is 3.26. The fourth-order valence-electron chi connectivity index (χ4n) is 3.18. The van der Waals surface area contributed by atoms with Crippen molar-refractivity contribution in [2.45, 2.75) is 6.61 Å². The molecule has 4 rings (SSSR count). The Balaban J connectivity index is 1.32. The molecule has 2 heterocycles. The van der Waals surface area contributed by atoms with Crippen molar-refractivity contribution >= 4 is 34.5 Å². The first-order valence-electron chi connectivity index (χ1n) is 9.09. The van der Waals surface area contributed by atoms with E-state index in [4.69, 9.17) is 16.3 Å². The molecule has 28 heavy (non-hydrogen) atoms. The van der Waals surface area contributed by atoms with Gasteiger partial charge in [-0.3, -0.25) is 4.79 Å². The summed E-state index contributed by atoms with van der Waals surface area (Å²) in [7, 11) is 0. The van der Waals surface area contributed by atoms with Crippen molar-refractivity contribution in [2.75, 3.05) is 31.1 Å². The van der Waals surface area contributed by atoms with Crippen LogP contribution in [0.5, 0.6) is 5.75 Å². The molecule has 0 saturated carbocycles. The summed E-state index contributed by atoms with van der Waals surface area (Å²) in [5.74, 6) is 0.784. The second-order valence-corrected chi connectivity index (χ2v) is 7.71. The van der Waals surface area contributed by atoms with Crippen LogP contribution in [0.4, 0.5) is 5.69 Å². The van der Waals surface area contributed by atoms with Crippen LogP contribution in [0.1, 0.15) is 16.1 Å². The smallest absolute Gasteiger partial charge is 0.253 e. The molecule has 1 saturated heterocycles. The summed E-state index contributed by atoms with van der Waals surface area (Å²) in [6.45, 7) is 3.39. The van der Waals surface area contributed by atoms with E-state index in [9.17, 15) is 4.79 Å². The van der Waals surface area contributed by atoms with Crippen molar-refractivity contribution in [1.29, 1.82) is 0 Å². The molecule has 144 valence electrons. The summed E-state index contributed by atoms with van der Waals surface area (Å²) < 4.78 is 5.71. The summed E-state index contributed by atoms with van der Waals surface area (Å²) >= 11 is 7.63. The van der Waals surface area contributed by atoms with Gasteiger partial charge in [-0.25, -0.2) is 4.98 Å². The van der Waals surface area contributed by atoms with E-state index in [2.05, 4.69) is 9.88 Å². The number of aromatic nitrogens is 1. The van der Waals surface area contributed by atoms with E-state index in [-0.39, 0.29) is 5.91 Å². The molecular formula is C21H20ClN3O2S. The molecule has 0 bridgehead atoms. The number of benzene rings is 2. The third-order valence-electron chi connectivity index (χ3n) is 4.71. The van der Waals surface area contributed by atoms with Gasteiger partial charge in [0.1, 0.15) is 12.4 Å². The van der Waals surface area contributed by atoms with E-state index < -0.39 is 0 Å². The number of carbonyl (C=O) groups is 1. The summed E-state index contributed by atoms with van der Waals surface area (Å²) in [6, 6.07) is 15.1. The van der Waals surface area contributed by atoms with Crippen molar-refractivity contribution in [3.8, 4) is 5.75 Å². The van der Waals surface area contributed by atoms with Crippen LogP contribution >= 0.6 is 22.9 Å². The lowest BCUT2D eigenvalue weighted by Gasteiger charge is -2.36. The van der Waals surface area contributed by atoms with Gasteiger partial charge in [0.2, 0.25) is 0 Å². The van der Waals surface area contributed by atoms with Gasteiger partial charge in [-0.05, 0) is 42.5 Å². The molecule has 0 radical (unpaired) electrons. The second-order valence-electron chi connectivity index (χ2n) is 6.55. The normalized spacial score (nSPS) is 14.2. The lowest BCUT2D eigenvalue weighted by molar-refractivity contribution is 0.0746. The number of rotatable bonds is 5. The zero-order valence-electron chi connectivity index (χ0n) is 15.3. The monoisotopic (exact) mass is 413 g/mol. The van der Waals surface area contributed by atoms with Gasteiger partial charge >= 0.3 is 0 Å².